The van der Waals surface area contributed by atoms with Crippen LogP contribution in [0.5, 0.6) is 5.75 Å². The maximum absolute atomic E-state index is 15.9. The zero-order valence-electron chi connectivity index (χ0n) is 31.1. The van der Waals surface area contributed by atoms with Crippen molar-refractivity contribution in [3.8, 4) is 11.8 Å². The maximum atomic E-state index is 15.9. The number of anilines is 2. The van der Waals surface area contributed by atoms with Gasteiger partial charge >= 0.3 is 6.03 Å². The summed E-state index contributed by atoms with van der Waals surface area (Å²) in [6.07, 6.45) is 6.91. The molecule has 0 radical (unpaired) electrons. The number of hydrogen-bond donors (Lipinski definition) is 2. The second-order valence-corrected chi connectivity index (χ2v) is 15.8. The van der Waals surface area contributed by atoms with E-state index in [4.69, 9.17) is 21.6 Å². The normalized spacial score (nSPS) is 23.8. The van der Waals surface area contributed by atoms with Gasteiger partial charge in [-0.1, -0.05) is 17.7 Å². The SMILES string of the molecule is N#Cc1ccc(O[C@H]2CC[C@H](NC(=O)c3ccc(N4CCC(CN5CCC(n6ccc7c(N8CCC(=O)NC8=O)cccc76)[C@@H](F)C5)CC4)nn3)CC2)cc1Cl. The Bertz CT molecular complexity index is 2130. The van der Waals surface area contributed by atoms with Gasteiger partial charge in [-0.15, -0.1) is 10.2 Å². The highest BCUT2D eigenvalue weighted by molar-refractivity contribution is 6.31. The number of rotatable bonds is 9. The van der Waals surface area contributed by atoms with Gasteiger partial charge in [0.25, 0.3) is 5.91 Å². The number of benzene rings is 2. The Kier molecular flexibility index (Phi) is 11.1. The summed E-state index contributed by atoms with van der Waals surface area (Å²) in [5.41, 5.74) is 2.31. The molecule has 4 aromatic rings. The third-order valence-electron chi connectivity index (χ3n) is 11.7. The summed E-state index contributed by atoms with van der Waals surface area (Å²) in [5, 5.41) is 24.5. The van der Waals surface area contributed by atoms with Crippen molar-refractivity contribution in [2.75, 3.05) is 49.1 Å². The second-order valence-electron chi connectivity index (χ2n) is 15.3. The summed E-state index contributed by atoms with van der Waals surface area (Å²) in [6, 6.07) is 17.7. The Hall–Kier alpha value is -5.26. The van der Waals surface area contributed by atoms with Crippen LogP contribution in [0.4, 0.5) is 20.7 Å². The van der Waals surface area contributed by atoms with E-state index in [1.807, 2.05) is 41.1 Å². The predicted molar refractivity (Wildman–Crippen MR) is 210 cm³/mol. The lowest BCUT2D eigenvalue weighted by molar-refractivity contribution is -0.120. The molecule has 1 aliphatic carbocycles. The molecule has 3 aliphatic heterocycles. The number of urea groups is 1. The Morgan fingerprint density at radius 2 is 1.80 bits per heavy atom. The van der Waals surface area contributed by atoms with E-state index < -0.39 is 12.2 Å². The highest BCUT2D eigenvalue weighted by Crippen LogP contribution is 2.35. The fourth-order valence-electron chi connectivity index (χ4n) is 8.69. The number of piperidine rings is 2. The van der Waals surface area contributed by atoms with Crippen LogP contribution in [0.1, 0.15) is 73.5 Å². The van der Waals surface area contributed by atoms with Crippen LogP contribution in [0.15, 0.2) is 60.8 Å². The first-order chi connectivity index (χ1) is 27.2. The first kappa shape index (κ1) is 37.7. The fraction of sp³-hybridized carbons (Fsp3) is 0.463. The lowest BCUT2D eigenvalue weighted by atomic mass is 9.92. The molecular formula is C41H45ClFN9O4. The Morgan fingerprint density at radius 1 is 0.982 bits per heavy atom. The highest BCUT2D eigenvalue weighted by Gasteiger charge is 2.34. The van der Waals surface area contributed by atoms with E-state index in [0.29, 0.717) is 47.5 Å². The number of nitrogens with zero attached hydrogens (tertiary/aromatic N) is 7. The van der Waals surface area contributed by atoms with Gasteiger partial charge in [0.2, 0.25) is 5.91 Å². The summed E-state index contributed by atoms with van der Waals surface area (Å²) in [6.45, 7) is 3.99. The number of hydrogen-bond acceptors (Lipinski definition) is 9. The number of nitriles is 1. The second kappa shape index (κ2) is 16.5. The number of imide groups is 1. The molecule has 56 heavy (non-hydrogen) atoms. The molecule has 1 saturated carbocycles. The molecule has 4 aliphatic rings. The van der Waals surface area contributed by atoms with E-state index in [1.165, 1.54) is 0 Å². The van der Waals surface area contributed by atoms with Gasteiger partial charge in [0.1, 0.15) is 18.0 Å². The molecule has 1 unspecified atom stereocenters. The van der Waals surface area contributed by atoms with Crippen molar-refractivity contribution in [1.29, 1.82) is 5.26 Å². The summed E-state index contributed by atoms with van der Waals surface area (Å²) >= 11 is 6.14. The van der Waals surface area contributed by atoms with Gasteiger partial charge in [0.05, 0.1) is 33.9 Å². The molecule has 4 amide bonds. The minimum Gasteiger partial charge on any atom is -0.490 e. The number of nitrogens with one attached hydrogen (secondary N) is 2. The van der Waals surface area contributed by atoms with Crippen LogP contribution in [0, 0.1) is 17.2 Å². The fourth-order valence-corrected chi connectivity index (χ4v) is 8.90. The standard InChI is InChI=1S/C41H45ClFN9O4/c42-32-22-30(7-4-27(32)23-44)56-29-8-5-28(6-9-29)45-40(54)34-10-11-38(48-47-34)50-18-12-26(13-19-50)24-49-17-15-37(33(43)25-49)51-20-14-31-35(51)2-1-3-36(31)52-21-16-39(53)46-41(52)55/h1-4,7,10-11,14,20,22,26,28-29,33,37H,5-6,8-9,12-13,15-19,21,24-25H2,(H,45,54)(H,46,53,55)/t28-,29-,33-,37?/m0/s1. The lowest BCUT2D eigenvalue weighted by Crippen LogP contribution is -2.49. The Labute approximate surface area is 329 Å². The Morgan fingerprint density at radius 3 is 2.52 bits per heavy atom. The monoisotopic (exact) mass is 781 g/mol. The minimum absolute atomic E-state index is 0.0171. The zero-order valence-corrected chi connectivity index (χ0v) is 31.8. The molecule has 292 valence electrons. The number of likely N-dealkylation sites (tertiary alicyclic amines) is 1. The molecule has 4 fully saturated rings. The lowest BCUT2D eigenvalue weighted by Gasteiger charge is -2.39. The quantitative estimate of drug-likeness (QED) is 0.208. The largest absolute Gasteiger partial charge is 0.490 e. The molecular weight excluding hydrogens is 737 g/mol. The molecule has 3 saturated heterocycles. The van der Waals surface area contributed by atoms with Gasteiger partial charge < -0.3 is 24.4 Å². The van der Waals surface area contributed by atoms with Crippen LogP contribution in [-0.2, 0) is 4.79 Å². The molecule has 2 atom stereocenters. The van der Waals surface area contributed by atoms with Crippen molar-refractivity contribution < 1.29 is 23.5 Å². The van der Waals surface area contributed by atoms with Crippen LogP contribution in [0.25, 0.3) is 10.9 Å². The van der Waals surface area contributed by atoms with Gasteiger partial charge in [0, 0.05) is 69.4 Å². The van der Waals surface area contributed by atoms with E-state index in [2.05, 4.69) is 36.7 Å². The van der Waals surface area contributed by atoms with Gasteiger partial charge in [-0.2, -0.15) is 5.26 Å². The van der Waals surface area contributed by atoms with E-state index >= 15 is 4.39 Å². The molecule has 15 heteroatoms. The topological polar surface area (TPSA) is 149 Å². The van der Waals surface area contributed by atoms with Crippen molar-refractivity contribution in [3.05, 3.63) is 77.1 Å². The number of ether oxygens (including phenoxy) is 1. The first-order valence-electron chi connectivity index (χ1n) is 19.6. The molecule has 0 spiro atoms. The van der Waals surface area contributed by atoms with Crippen molar-refractivity contribution >= 4 is 51.9 Å². The minimum atomic E-state index is -1.03. The number of halogens is 2. The van der Waals surface area contributed by atoms with Crippen LogP contribution in [0.3, 0.4) is 0 Å². The van der Waals surface area contributed by atoms with Crippen LogP contribution >= 0.6 is 11.6 Å². The van der Waals surface area contributed by atoms with Crippen LogP contribution in [-0.4, -0.2) is 95.1 Å². The molecule has 8 rings (SSSR count). The summed E-state index contributed by atoms with van der Waals surface area (Å²) in [7, 11) is 0. The molecule has 0 bridgehead atoms. The van der Waals surface area contributed by atoms with Gasteiger partial charge in [0.15, 0.2) is 11.5 Å². The number of fused-ring (bicyclic) bond motifs is 1. The molecule has 2 aromatic carbocycles. The summed E-state index contributed by atoms with van der Waals surface area (Å²) in [4.78, 5) is 43.3. The maximum Gasteiger partial charge on any atom is 0.328 e. The summed E-state index contributed by atoms with van der Waals surface area (Å²) < 4.78 is 24.0. The van der Waals surface area contributed by atoms with Crippen molar-refractivity contribution in [3.63, 3.8) is 0 Å². The number of carbonyl (C=O) groups is 3. The number of aromatic nitrogens is 3. The van der Waals surface area contributed by atoms with E-state index in [9.17, 15) is 14.4 Å². The first-order valence-corrected chi connectivity index (χ1v) is 19.9. The van der Waals surface area contributed by atoms with E-state index in [-0.39, 0.29) is 36.4 Å². The Balaban J connectivity index is 0.774. The van der Waals surface area contributed by atoms with Crippen molar-refractivity contribution in [1.82, 2.24) is 30.3 Å². The average molecular weight is 782 g/mol. The smallest absolute Gasteiger partial charge is 0.328 e. The number of carbonyl (C=O) groups excluding carboxylic acids is 3. The number of amides is 4. The summed E-state index contributed by atoms with van der Waals surface area (Å²) in [5.74, 6) is 1.33. The van der Waals surface area contributed by atoms with E-state index in [1.54, 1.807) is 29.2 Å². The van der Waals surface area contributed by atoms with E-state index in [0.717, 1.165) is 87.1 Å². The van der Waals surface area contributed by atoms with Gasteiger partial charge in [-0.05, 0) is 93.3 Å². The molecule has 2 N–H and O–H groups in total. The molecule has 13 nitrogen and oxygen atoms in total. The van der Waals surface area contributed by atoms with Crippen molar-refractivity contribution in [2.24, 2.45) is 5.92 Å². The third kappa shape index (κ3) is 8.15. The molecule has 2 aromatic heterocycles. The van der Waals surface area contributed by atoms with Gasteiger partial charge in [-0.3, -0.25) is 19.8 Å². The van der Waals surface area contributed by atoms with Crippen molar-refractivity contribution in [2.45, 2.75) is 75.7 Å². The van der Waals surface area contributed by atoms with Gasteiger partial charge in [-0.25, -0.2) is 9.18 Å². The molecule has 5 heterocycles. The average Bonchev–Trinajstić information content (AvgIpc) is 3.64. The third-order valence-corrected chi connectivity index (χ3v) is 12.1. The van der Waals surface area contributed by atoms with Crippen LogP contribution < -0.4 is 25.2 Å². The number of alkyl halides is 1. The zero-order chi connectivity index (χ0) is 38.8. The highest BCUT2D eigenvalue weighted by atomic mass is 35.5. The van der Waals surface area contributed by atoms with Crippen LogP contribution in [0.2, 0.25) is 5.02 Å². The predicted octanol–water partition coefficient (Wildman–Crippen LogP) is 6.02.